The molecule has 0 radical (unpaired) electrons. The van der Waals surface area contributed by atoms with Crippen molar-refractivity contribution in [2.24, 2.45) is 10.9 Å². The predicted molar refractivity (Wildman–Crippen MR) is 116 cm³/mol. The van der Waals surface area contributed by atoms with Gasteiger partial charge in [0.15, 0.2) is 12.6 Å². The second kappa shape index (κ2) is 11.3. The zero-order chi connectivity index (χ0) is 18.2. The first-order valence-electron chi connectivity index (χ1n) is 8.87. The highest BCUT2D eigenvalue weighted by Gasteiger charge is 2.19. The maximum atomic E-state index is 11.6. The summed E-state index contributed by atoms with van der Waals surface area (Å²) in [4.78, 5) is 19.9. The minimum absolute atomic E-state index is 0. The predicted octanol–water partition coefficient (Wildman–Crippen LogP) is 2.58. The third kappa shape index (κ3) is 7.01. The zero-order valence-corrected chi connectivity index (χ0v) is 18.5. The van der Waals surface area contributed by atoms with Crippen molar-refractivity contribution in [3.8, 4) is 5.75 Å². The van der Waals surface area contributed by atoms with E-state index >= 15 is 0 Å². The Morgan fingerprint density at radius 2 is 2.19 bits per heavy atom. The summed E-state index contributed by atoms with van der Waals surface area (Å²) in [6, 6.07) is 7.81. The van der Waals surface area contributed by atoms with E-state index in [4.69, 9.17) is 4.74 Å². The molecule has 1 saturated heterocycles. The lowest BCUT2D eigenvalue weighted by Crippen LogP contribution is -2.45. The van der Waals surface area contributed by atoms with Crippen molar-refractivity contribution in [3.05, 3.63) is 29.8 Å². The molecular formula is C19H31IN4O2. The number of rotatable bonds is 5. The first-order chi connectivity index (χ1) is 12.0. The molecule has 1 aromatic carbocycles. The summed E-state index contributed by atoms with van der Waals surface area (Å²) in [6.45, 7) is 5.12. The zero-order valence-electron chi connectivity index (χ0n) is 16.2. The molecular weight excluding hydrogens is 443 g/mol. The lowest BCUT2D eigenvalue weighted by Gasteiger charge is -2.33. The number of likely N-dealkylation sites (tertiary alicyclic amines) is 1. The monoisotopic (exact) mass is 474 g/mol. The van der Waals surface area contributed by atoms with Gasteiger partial charge in [-0.3, -0.25) is 9.79 Å². The molecule has 1 fully saturated rings. The van der Waals surface area contributed by atoms with Crippen molar-refractivity contribution in [3.63, 3.8) is 0 Å². The molecule has 1 N–H and O–H groups in total. The number of nitrogens with one attached hydrogen (secondary N) is 1. The molecule has 1 unspecified atom stereocenters. The summed E-state index contributed by atoms with van der Waals surface area (Å²) in [6.07, 6.45) is 2.50. The smallest absolute Gasteiger partial charge is 0.259 e. The lowest BCUT2D eigenvalue weighted by molar-refractivity contribution is -0.130. The molecule has 2 rings (SSSR count). The Kier molecular flexibility index (Phi) is 9.75. The van der Waals surface area contributed by atoms with Crippen LogP contribution in [0.1, 0.15) is 25.3 Å². The maximum absolute atomic E-state index is 11.6. The number of carbonyl (C=O) groups is 1. The van der Waals surface area contributed by atoms with Crippen molar-refractivity contribution in [2.75, 3.05) is 40.8 Å². The van der Waals surface area contributed by atoms with Gasteiger partial charge in [0.1, 0.15) is 5.75 Å². The average Bonchev–Trinajstić information content (AvgIpc) is 2.60. The fourth-order valence-corrected chi connectivity index (χ4v) is 2.91. The summed E-state index contributed by atoms with van der Waals surface area (Å²) in [5.74, 6) is 2.30. The number of hydrogen-bond acceptors (Lipinski definition) is 3. The van der Waals surface area contributed by atoms with Gasteiger partial charge in [-0.25, -0.2) is 0 Å². The standard InChI is InChI=1S/C19H30N4O2.HI/c1-15-7-6-10-23(13-15)19(20-2)21-12-16-8-5-9-17(11-16)25-14-18(24)22(3)4;/h5,8-9,11,15H,6-7,10,12-14H2,1-4H3,(H,20,21);1H. The molecule has 1 atom stereocenters. The Balaban J connectivity index is 0.00000338. The van der Waals surface area contributed by atoms with Crippen molar-refractivity contribution in [1.82, 2.24) is 15.1 Å². The topological polar surface area (TPSA) is 57.2 Å². The number of hydrogen-bond donors (Lipinski definition) is 1. The van der Waals surface area contributed by atoms with Gasteiger partial charge in [0.25, 0.3) is 5.91 Å². The van der Waals surface area contributed by atoms with Crippen molar-refractivity contribution in [2.45, 2.75) is 26.3 Å². The molecule has 6 nitrogen and oxygen atoms in total. The SMILES string of the molecule is CN=C(NCc1cccc(OCC(=O)N(C)C)c1)N1CCCC(C)C1.I. The van der Waals surface area contributed by atoms with Gasteiger partial charge in [0.2, 0.25) is 0 Å². The molecule has 26 heavy (non-hydrogen) atoms. The normalized spacial score (nSPS) is 17.3. The summed E-state index contributed by atoms with van der Waals surface area (Å²) in [5, 5.41) is 3.43. The van der Waals surface area contributed by atoms with E-state index in [-0.39, 0.29) is 36.5 Å². The highest BCUT2D eigenvalue weighted by molar-refractivity contribution is 14.0. The van der Waals surface area contributed by atoms with Crippen LogP contribution in [0.3, 0.4) is 0 Å². The Morgan fingerprint density at radius 3 is 2.85 bits per heavy atom. The van der Waals surface area contributed by atoms with Crippen LogP contribution in [0.5, 0.6) is 5.75 Å². The van der Waals surface area contributed by atoms with Crippen LogP contribution < -0.4 is 10.1 Å². The lowest BCUT2D eigenvalue weighted by atomic mass is 10.0. The van der Waals surface area contributed by atoms with Crippen LogP contribution in [0.15, 0.2) is 29.3 Å². The van der Waals surface area contributed by atoms with Crippen LogP contribution in [-0.4, -0.2) is 62.5 Å². The second-order valence-corrected chi connectivity index (χ2v) is 6.82. The highest BCUT2D eigenvalue weighted by Crippen LogP contribution is 2.16. The molecule has 1 aliphatic heterocycles. The molecule has 0 aliphatic carbocycles. The van der Waals surface area contributed by atoms with Crippen molar-refractivity contribution in [1.29, 1.82) is 0 Å². The van der Waals surface area contributed by atoms with Crippen LogP contribution >= 0.6 is 24.0 Å². The van der Waals surface area contributed by atoms with E-state index in [1.807, 2.05) is 31.3 Å². The summed E-state index contributed by atoms with van der Waals surface area (Å²) in [7, 11) is 5.27. The Bertz CT molecular complexity index is 607. The quantitative estimate of drug-likeness (QED) is 0.405. The van der Waals surface area contributed by atoms with Gasteiger partial charge in [0.05, 0.1) is 0 Å². The Labute approximate surface area is 174 Å². The summed E-state index contributed by atoms with van der Waals surface area (Å²) < 4.78 is 5.57. The van der Waals surface area contributed by atoms with E-state index in [9.17, 15) is 4.79 Å². The van der Waals surface area contributed by atoms with Crippen LogP contribution in [0.2, 0.25) is 0 Å². The van der Waals surface area contributed by atoms with Gasteiger partial charge in [-0.2, -0.15) is 0 Å². The third-order valence-electron chi connectivity index (χ3n) is 4.38. The largest absolute Gasteiger partial charge is 0.484 e. The van der Waals surface area contributed by atoms with E-state index in [1.165, 1.54) is 17.7 Å². The van der Waals surface area contributed by atoms with Crippen LogP contribution in [0.25, 0.3) is 0 Å². The minimum Gasteiger partial charge on any atom is -0.484 e. The fourth-order valence-electron chi connectivity index (χ4n) is 2.91. The highest BCUT2D eigenvalue weighted by atomic mass is 127. The fraction of sp³-hybridized carbons (Fsp3) is 0.579. The van der Waals surface area contributed by atoms with Crippen LogP contribution in [-0.2, 0) is 11.3 Å². The molecule has 1 heterocycles. The van der Waals surface area contributed by atoms with Gasteiger partial charge in [-0.1, -0.05) is 19.1 Å². The number of nitrogens with zero attached hydrogens (tertiary/aromatic N) is 3. The van der Waals surface area contributed by atoms with E-state index in [0.717, 1.165) is 24.6 Å². The van der Waals surface area contributed by atoms with Gasteiger partial charge < -0.3 is 19.9 Å². The van der Waals surface area contributed by atoms with E-state index in [1.54, 1.807) is 14.1 Å². The number of benzene rings is 1. The number of ether oxygens (including phenoxy) is 1. The number of carbonyl (C=O) groups excluding carboxylic acids is 1. The number of piperidine rings is 1. The average molecular weight is 474 g/mol. The van der Waals surface area contributed by atoms with Crippen molar-refractivity contribution >= 4 is 35.8 Å². The van der Waals surface area contributed by atoms with Gasteiger partial charge in [0, 0.05) is 40.8 Å². The summed E-state index contributed by atoms with van der Waals surface area (Å²) >= 11 is 0. The number of halogens is 1. The van der Waals surface area contributed by atoms with Crippen molar-refractivity contribution < 1.29 is 9.53 Å². The van der Waals surface area contributed by atoms with Gasteiger partial charge >= 0.3 is 0 Å². The van der Waals surface area contributed by atoms with Crippen LogP contribution in [0, 0.1) is 5.92 Å². The van der Waals surface area contributed by atoms with Crippen LogP contribution in [0.4, 0.5) is 0 Å². The molecule has 1 aliphatic rings. The molecule has 7 heteroatoms. The van der Waals surface area contributed by atoms with E-state index in [2.05, 4.69) is 22.1 Å². The number of guanidine groups is 1. The molecule has 146 valence electrons. The van der Waals surface area contributed by atoms with Gasteiger partial charge in [-0.15, -0.1) is 24.0 Å². The number of amides is 1. The van der Waals surface area contributed by atoms with E-state index < -0.39 is 0 Å². The minimum atomic E-state index is -0.0526. The maximum Gasteiger partial charge on any atom is 0.259 e. The molecule has 1 aromatic rings. The molecule has 0 saturated carbocycles. The third-order valence-corrected chi connectivity index (χ3v) is 4.38. The Morgan fingerprint density at radius 1 is 1.42 bits per heavy atom. The molecule has 0 aromatic heterocycles. The molecule has 1 amide bonds. The number of likely N-dealkylation sites (N-methyl/N-ethyl adjacent to an activating group) is 1. The molecule has 0 bridgehead atoms. The Hall–Kier alpha value is -1.51. The molecule has 0 spiro atoms. The number of aliphatic imine (C=N–C) groups is 1. The first kappa shape index (κ1) is 22.5. The summed E-state index contributed by atoms with van der Waals surface area (Å²) in [5.41, 5.74) is 1.10. The first-order valence-corrected chi connectivity index (χ1v) is 8.87. The second-order valence-electron chi connectivity index (χ2n) is 6.82. The van der Waals surface area contributed by atoms with Gasteiger partial charge in [-0.05, 0) is 36.5 Å². The van der Waals surface area contributed by atoms with E-state index in [0.29, 0.717) is 18.2 Å².